The Hall–Kier alpha value is -0.540. The van der Waals surface area contributed by atoms with Crippen molar-refractivity contribution in [2.45, 2.75) is 24.7 Å². The molecule has 14 heavy (non-hydrogen) atoms. The first-order valence-electron chi connectivity index (χ1n) is 4.58. The summed E-state index contributed by atoms with van der Waals surface area (Å²) < 4.78 is 11.7. The van der Waals surface area contributed by atoms with Gasteiger partial charge in [0.05, 0.1) is 15.7 Å². The molecule has 0 saturated heterocycles. The maximum atomic E-state index is 11.7. The molecule has 1 atom stereocenters. The summed E-state index contributed by atoms with van der Waals surface area (Å²) in [4.78, 5) is 0.658. The van der Waals surface area contributed by atoms with E-state index in [-0.39, 0.29) is 0 Å². The van der Waals surface area contributed by atoms with Crippen LogP contribution in [0.25, 0.3) is 0 Å². The molecule has 0 aromatic heterocycles. The first-order valence-corrected chi connectivity index (χ1v) is 6.28. The molecule has 1 aromatic carbocycles. The minimum atomic E-state index is -1.01. The topological polar surface area (TPSA) is 43.1 Å². The zero-order chi connectivity index (χ0) is 10.6. The normalized spacial score (nSPS) is 12.7. The van der Waals surface area contributed by atoms with Gasteiger partial charge in [-0.25, -0.2) is 0 Å². The van der Waals surface area contributed by atoms with Crippen molar-refractivity contribution in [3.63, 3.8) is 0 Å². The van der Waals surface area contributed by atoms with Crippen LogP contribution in [0.5, 0.6) is 0 Å². The minimum absolute atomic E-state index is 0.559. The molecule has 78 valence electrons. The van der Waals surface area contributed by atoms with Gasteiger partial charge in [0.2, 0.25) is 0 Å². The van der Waals surface area contributed by atoms with E-state index in [1.54, 1.807) is 18.2 Å². The molecule has 0 saturated carbocycles. The molecular formula is C10H14ClNOS. The fourth-order valence-electron chi connectivity index (χ4n) is 1.09. The highest BCUT2D eigenvalue weighted by atomic mass is 35.5. The third kappa shape index (κ3) is 3.00. The summed E-state index contributed by atoms with van der Waals surface area (Å²) in [6.45, 7) is 2.07. The number of hydrogen-bond donors (Lipinski definition) is 1. The van der Waals surface area contributed by atoms with Gasteiger partial charge < -0.3 is 5.73 Å². The SMILES string of the molecule is CCCCS(=O)c1cc(Cl)ccc1N. The van der Waals surface area contributed by atoms with Gasteiger partial charge in [-0.1, -0.05) is 24.9 Å². The van der Waals surface area contributed by atoms with Crippen molar-refractivity contribution in [2.24, 2.45) is 0 Å². The standard InChI is InChI=1S/C10H14ClNOS/c1-2-3-6-14(13)10-7-8(11)4-5-9(10)12/h4-5,7H,2-3,6,12H2,1H3. The monoisotopic (exact) mass is 231 g/mol. The van der Waals surface area contributed by atoms with E-state index in [9.17, 15) is 4.21 Å². The van der Waals surface area contributed by atoms with Crippen molar-refractivity contribution < 1.29 is 4.21 Å². The lowest BCUT2D eigenvalue weighted by Crippen LogP contribution is -2.01. The number of anilines is 1. The summed E-state index contributed by atoms with van der Waals surface area (Å²) in [6.07, 6.45) is 1.98. The molecule has 0 heterocycles. The van der Waals surface area contributed by atoms with Gasteiger partial charge in [-0.15, -0.1) is 0 Å². The Morgan fingerprint density at radius 3 is 2.86 bits per heavy atom. The van der Waals surface area contributed by atoms with E-state index in [0.29, 0.717) is 21.4 Å². The molecule has 0 bridgehead atoms. The number of halogens is 1. The Balaban J connectivity index is 2.83. The Morgan fingerprint density at radius 1 is 1.50 bits per heavy atom. The van der Waals surface area contributed by atoms with Crippen molar-refractivity contribution in [1.29, 1.82) is 0 Å². The third-order valence-corrected chi connectivity index (χ3v) is 3.64. The first-order chi connectivity index (χ1) is 6.65. The average molecular weight is 232 g/mol. The van der Waals surface area contributed by atoms with Gasteiger partial charge >= 0.3 is 0 Å². The van der Waals surface area contributed by atoms with Crippen molar-refractivity contribution in [2.75, 3.05) is 11.5 Å². The Kier molecular flexibility index (Phi) is 4.42. The highest BCUT2D eigenvalue weighted by Crippen LogP contribution is 2.21. The van der Waals surface area contributed by atoms with Crippen LogP contribution < -0.4 is 5.73 Å². The maximum Gasteiger partial charge on any atom is 0.0632 e. The lowest BCUT2D eigenvalue weighted by Gasteiger charge is -2.05. The van der Waals surface area contributed by atoms with Crippen molar-refractivity contribution in [3.8, 4) is 0 Å². The zero-order valence-electron chi connectivity index (χ0n) is 8.13. The van der Waals surface area contributed by atoms with Gasteiger partial charge in [0.25, 0.3) is 0 Å². The number of nitrogens with two attached hydrogens (primary N) is 1. The predicted molar refractivity (Wildman–Crippen MR) is 62.0 cm³/mol. The van der Waals surface area contributed by atoms with Crippen LogP contribution in [-0.2, 0) is 10.8 Å². The van der Waals surface area contributed by atoms with Crippen molar-refractivity contribution >= 4 is 28.1 Å². The van der Waals surface area contributed by atoms with E-state index in [1.165, 1.54) is 0 Å². The molecule has 4 heteroatoms. The molecule has 0 amide bonds. The number of rotatable bonds is 4. The molecule has 1 aromatic rings. The van der Waals surface area contributed by atoms with E-state index >= 15 is 0 Å². The van der Waals surface area contributed by atoms with Gasteiger partial charge in [-0.2, -0.15) is 0 Å². The van der Waals surface area contributed by atoms with E-state index in [1.807, 2.05) is 0 Å². The molecule has 0 fully saturated rings. The summed E-state index contributed by atoms with van der Waals surface area (Å²) in [7, 11) is -1.01. The van der Waals surface area contributed by atoms with E-state index in [4.69, 9.17) is 17.3 Å². The van der Waals surface area contributed by atoms with E-state index in [2.05, 4.69) is 6.92 Å². The van der Waals surface area contributed by atoms with Gasteiger partial charge in [-0.3, -0.25) is 4.21 Å². The van der Waals surface area contributed by atoms with Gasteiger partial charge in [-0.05, 0) is 24.6 Å². The Labute approximate surface area is 91.9 Å². The van der Waals surface area contributed by atoms with Crippen LogP contribution >= 0.6 is 11.6 Å². The Bertz CT molecular complexity index is 341. The molecule has 0 spiro atoms. The molecule has 2 N–H and O–H groups in total. The van der Waals surface area contributed by atoms with Crippen LogP contribution in [0.15, 0.2) is 23.1 Å². The van der Waals surface area contributed by atoms with Crippen LogP contribution in [-0.4, -0.2) is 9.96 Å². The Morgan fingerprint density at radius 2 is 2.21 bits per heavy atom. The molecule has 0 radical (unpaired) electrons. The number of nitrogen functional groups attached to an aromatic ring is 1. The molecule has 1 unspecified atom stereocenters. The van der Waals surface area contributed by atoms with Crippen LogP contribution in [0.3, 0.4) is 0 Å². The average Bonchev–Trinajstić information content (AvgIpc) is 2.18. The van der Waals surface area contributed by atoms with Gasteiger partial charge in [0.1, 0.15) is 0 Å². The fraction of sp³-hybridized carbons (Fsp3) is 0.400. The molecular weight excluding hydrogens is 218 g/mol. The minimum Gasteiger partial charge on any atom is -0.398 e. The summed E-state index contributed by atoms with van der Waals surface area (Å²) >= 11 is 5.80. The second-order valence-electron chi connectivity index (χ2n) is 3.09. The lowest BCUT2D eigenvalue weighted by molar-refractivity contribution is 0.680. The van der Waals surface area contributed by atoms with Crippen LogP contribution in [0, 0.1) is 0 Å². The first kappa shape index (κ1) is 11.5. The highest BCUT2D eigenvalue weighted by Gasteiger charge is 2.07. The fourth-order valence-corrected chi connectivity index (χ4v) is 2.69. The lowest BCUT2D eigenvalue weighted by atomic mass is 10.3. The summed E-state index contributed by atoms with van der Waals surface area (Å²) in [5.41, 5.74) is 6.27. The molecule has 0 aliphatic rings. The van der Waals surface area contributed by atoms with Gasteiger partial charge in [0, 0.05) is 16.5 Å². The van der Waals surface area contributed by atoms with E-state index < -0.39 is 10.8 Å². The predicted octanol–water partition coefficient (Wildman–Crippen LogP) is 2.83. The second kappa shape index (κ2) is 5.37. The van der Waals surface area contributed by atoms with Crippen LogP contribution in [0.1, 0.15) is 19.8 Å². The smallest absolute Gasteiger partial charge is 0.0632 e. The molecule has 1 rings (SSSR count). The van der Waals surface area contributed by atoms with Crippen molar-refractivity contribution in [1.82, 2.24) is 0 Å². The molecule has 0 aliphatic heterocycles. The number of hydrogen-bond acceptors (Lipinski definition) is 2. The van der Waals surface area contributed by atoms with Gasteiger partial charge in [0.15, 0.2) is 0 Å². The molecule has 0 aliphatic carbocycles. The number of benzene rings is 1. The summed E-state index contributed by atoms with van der Waals surface area (Å²) in [5, 5.41) is 0.582. The number of unbranched alkanes of at least 4 members (excludes halogenated alkanes) is 1. The zero-order valence-corrected chi connectivity index (χ0v) is 9.70. The second-order valence-corrected chi connectivity index (χ2v) is 5.06. The van der Waals surface area contributed by atoms with E-state index in [0.717, 1.165) is 12.8 Å². The maximum absolute atomic E-state index is 11.7. The highest BCUT2D eigenvalue weighted by molar-refractivity contribution is 7.85. The largest absolute Gasteiger partial charge is 0.398 e. The quantitative estimate of drug-likeness (QED) is 0.810. The summed E-state index contributed by atoms with van der Waals surface area (Å²) in [5.74, 6) is 0.654. The third-order valence-electron chi connectivity index (χ3n) is 1.90. The van der Waals surface area contributed by atoms with Crippen LogP contribution in [0.4, 0.5) is 5.69 Å². The van der Waals surface area contributed by atoms with Crippen molar-refractivity contribution in [3.05, 3.63) is 23.2 Å². The molecule has 2 nitrogen and oxygen atoms in total. The summed E-state index contributed by atoms with van der Waals surface area (Å²) in [6, 6.07) is 5.08. The van der Waals surface area contributed by atoms with Crippen LogP contribution in [0.2, 0.25) is 5.02 Å².